The first-order valence-corrected chi connectivity index (χ1v) is 10.1. The molecule has 0 amide bonds. The monoisotopic (exact) mass is 385 g/mol. The first-order chi connectivity index (χ1) is 12.7. The van der Waals surface area contributed by atoms with E-state index in [2.05, 4.69) is 5.16 Å². The van der Waals surface area contributed by atoms with Crippen LogP contribution in [0.1, 0.15) is 22.6 Å². The Hall–Kier alpha value is -2.42. The summed E-state index contributed by atoms with van der Waals surface area (Å²) in [5.41, 5.74) is 3.79. The minimum absolute atomic E-state index is 0.180. The molecule has 2 N–H and O–H groups in total. The molecule has 0 fully saturated rings. The fourth-order valence-electron chi connectivity index (χ4n) is 3.07. The molecule has 0 spiro atoms. The van der Waals surface area contributed by atoms with Crippen LogP contribution >= 0.6 is 0 Å². The zero-order valence-electron chi connectivity index (χ0n) is 15.3. The van der Waals surface area contributed by atoms with Crippen LogP contribution in [0.3, 0.4) is 0 Å². The molecule has 0 aliphatic carbocycles. The number of benzene rings is 2. The quantitative estimate of drug-likeness (QED) is 0.651. The van der Waals surface area contributed by atoms with Crippen LogP contribution in [0.4, 0.5) is 0 Å². The maximum Gasteiger partial charge on any atom is 0.488 e. The van der Waals surface area contributed by atoms with E-state index in [0.29, 0.717) is 28.0 Å². The third-order valence-electron chi connectivity index (χ3n) is 4.48. The van der Waals surface area contributed by atoms with Crippen molar-refractivity contribution in [2.45, 2.75) is 31.4 Å². The van der Waals surface area contributed by atoms with E-state index in [1.807, 2.05) is 13.0 Å². The molecular formula is C19H20BNO5S. The van der Waals surface area contributed by atoms with Gasteiger partial charge in [0.1, 0.15) is 5.76 Å². The van der Waals surface area contributed by atoms with Crippen molar-refractivity contribution in [2.24, 2.45) is 0 Å². The third-order valence-corrected chi connectivity index (χ3v) is 6.30. The summed E-state index contributed by atoms with van der Waals surface area (Å²) < 4.78 is 31.2. The van der Waals surface area contributed by atoms with Gasteiger partial charge >= 0.3 is 7.12 Å². The van der Waals surface area contributed by atoms with Gasteiger partial charge in [-0.3, -0.25) is 0 Å². The largest absolute Gasteiger partial charge is 0.488 e. The van der Waals surface area contributed by atoms with Gasteiger partial charge in [-0.05, 0) is 49.0 Å². The van der Waals surface area contributed by atoms with Crippen LogP contribution < -0.4 is 5.46 Å². The van der Waals surface area contributed by atoms with E-state index in [1.165, 1.54) is 12.1 Å². The standard InChI is InChI=1S/C19H20BNO5S/c1-12-4-7-16(19-13(2)21-26-14(19)3)10-18(12)27(24,25)11-15-5-8-17(9-6-15)20(22)23/h4-10,22-23H,11H2,1-3H3. The fraction of sp³-hybridized carbons (Fsp3) is 0.211. The summed E-state index contributed by atoms with van der Waals surface area (Å²) in [6, 6.07) is 11.5. The van der Waals surface area contributed by atoms with E-state index in [1.54, 1.807) is 38.1 Å². The molecule has 140 valence electrons. The van der Waals surface area contributed by atoms with Crippen LogP contribution in [0.25, 0.3) is 11.1 Å². The molecule has 0 atom stereocenters. The third kappa shape index (κ3) is 3.97. The normalized spacial score (nSPS) is 11.6. The molecule has 0 aliphatic heterocycles. The van der Waals surface area contributed by atoms with Crippen molar-refractivity contribution in [1.29, 1.82) is 0 Å². The van der Waals surface area contributed by atoms with Gasteiger partial charge in [-0.25, -0.2) is 8.42 Å². The van der Waals surface area contributed by atoms with Crippen molar-refractivity contribution in [3.63, 3.8) is 0 Å². The average molecular weight is 385 g/mol. The highest BCUT2D eigenvalue weighted by atomic mass is 32.2. The lowest BCUT2D eigenvalue weighted by molar-refractivity contribution is 0.393. The summed E-state index contributed by atoms with van der Waals surface area (Å²) >= 11 is 0. The summed E-state index contributed by atoms with van der Waals surface area (Å²) in [6.07, 6.45) is 0. The molecular weight excluding hydrogens is 365 g/mol. The summed E-state index contributed by atoms with van der Waals surface area (Å²) in [5, 5.41) is 22.2. The first kappa shape index (κ1) is 19.3. The van der Waals surface area contributed by atoms with Gasteiger partial charge in [0, 0.05) is 5.56 Å². The van der Waals surface area contributed by atoms with E-state index < -0.39 is 17.0 Å². The van der Waals surface area contributed by atoms with E-state index in [9.17, 15) is 8.42 Å². The molecule has 3 rings (SSSR count). The van der Waals surface area contributed by atoms with Crippen molar-refractivity contribution in [3.05, 3.63) is 65.0 Å². The van der Waals surface area contributed by atoms with Crippen LogP contribution in [0.2, 0.25) is 0 Å². The minimum Gasteiger partial charge on any atom is -0.423 e. The van der Waals surface area contributed by atoms with Gasteiger partial charge in [-0.2, -0.15) is 0 Å². The molecule has 0 unspecified atom stereocenters. The molecule has 1 aromatic heterocycles. The van der Waals surface area contributed by atoms with E-state index in [0.717, 1.165) is 11.1 Å². The SMILES string of the molecule is Cc1ccc(-c2c(C)noc2C)cc1S(=O)(=O)Cc1ccc(B(O)O)cc1. The number of aromatic nitrogens is 1. The number of sulfone groups is 1. The highest BCUT2D eigenvalue weighted by molar-refractivity contribution is 7.90. The Kier molecular flexibility index (Phi) is 5.23. The molecule has 2 aromatic carbocycles. The predicted molar refractivity (Wildman–Crippen MR) is 103 cm³/mol. The number of rotatable bonds is 5. The van der Waals surface area contributed by atoms with Crippen LogP contribution in [0.5, 0.6) is 0 Å². The maximum atomic E-state index is 13.0. The topological polar surface area (TPSA) is 101 Å². The molecule has 0 aliphatic rings. The highest BCUT2D eigenvalue weighted by Gasteiger charge is 2.21. The average Bonchev–Trinajstić information content (AvgIpc) is 2.94. The van der Waals surface area contributed by atoms with E-state index in [4.69, 9.17) is 14.6 Å². The second-order valence-corrected chi connectivity index (χ2v) is 8.51. The van der Waals surface area contributed by atoms with Crippen molar-refractivity contribution >= 4 is 22.4 Å². The Balaban J connectivity index is 1.98. The second-order valence-electron chi connectivity index (χ2n) is 6.55. The molecule has 0 radical (unpaired) electrons. The van der Waals surface area contributed by atoms with Crippen LogP contribution in [0.15, 0.2) is 51.9 Å². The lowest BCUT2D eigenvalue weighted by Crippen LogP contribution is -2.29. The zero-order chi connectivity index (χ0) is 19.8. The number of hydrogen-bond acceptors (Lipinski definition) is 6. The molecule has 0 saturated heterocycles. The van der Waals surface area contributed by atoms with Gasteiger partial charge in [0.2, 0.25) is 0 Å². The summed E-state index contributed by atoms with van der Waals surface area (Å²) in [4.78, 5) is 0.256. The summed E-state index contributed by atoms with van der Waals surface area (Å²) in [7, 11) is -5.17. The van der Waals surface area contributed by atoms with Crippen LogP contribution in [0, 0.1) is 20.8 Å². The number of hydrogen-bond donors (Lipinski definition) is 2. The smallest absolute Gasteiger partial charge is 0.423 e. The molecule has 8 heteroatoms. The van der Waals surface area contributed by atoms with Crippen molar-refractivity contribution in [3.8, 4) is 11.1 Å². The minimum atomic E-state index is -3.59. The van der Waals surface area contributed by atoms with Crippen molar-refractivity contribution in [2.75, 3.05) is 0 Å². The van der Waals surface area contributed by atoms with Gasteiger partial charge in [0.25, 0.3) is 0 Å². The van der Waals surface area contributed by atoms with Gasteiger partial charge in [0.15, 0.2) is 9.84 Å². The molecule has 0 bridgehead atoms. The van der Waals surface area contributed by atoms with Crippen molar-refractivity contribution < 1.29 is 23.0 Å². The maximum absolute atomic E-state index is 13.0. The Labute approximate surface area is 158 Å². The summed E-state index contributed by atoms with van der Waals surface area (Å²) in [5.74, 6) is 0.457. The Morgan fingerprint density at radius 3 is 2.26 bits per heavy atom. The molecule has 1 heterocycles. The predicted octanol–water partition coefficient (Wildman–Crippen LogP) is 1.92. The van der Waals surface area contributed by atoms with Gasteiger partial charge in [-0.15, -0.1) is 0 Å². The van der Waals surface area contributed by atoms with Crippen LogP contribution in [-0.2, 0) is 15.6 Å². The van der Waals surface area contributed by atoms with Gasteiger partial charge < -0.3 is 14.6 Å². The van der Waals surface area contributed by atoms with E-state index in [-0.39, 0.29) is 10.6 Å². The van der Waals surface area contributed by atoms with E-state index >= 15 is 0 Å². The fourth-order valence-corrected chi connectivity index (χ4v) is 4.72. The molecule has 3 aromatic rings. The molecule has 27 heavy (non-hydrogen) atoms. The van der Waals surface area contributed by atoms with Gasteiger partial charge in [0.05, 0.1) is 16.3 Å². The first-order valence-electron chi connectivity index (χ1n) is 8.40. The van der Waals surface area contributed by atoms with Gasteiger partial charge in [-0.1, -0.05) is 41.6 Å². The highest BCUT2D eigenvalue weighted by Crippen LogP contribution is 2.31. The Bertz CT molecular complexity index is 1050. The second kappa shape index (κ2) is 7.30. The summed E-state index contributed by atoms with van der Waals surface area (Å²) in [6.45, 7) is 5.37. The number of nitrogens with zero attached hydrogens (tertiary/aromatic N) is 1. The zero-order valence-corrected chi connectivity index (χ0v) is 16.1. The molecule has 6 nitrogen and oxygen atoms in total. The van der Waals surface area contributed by atoms with Crippen LogP contribution in [-0.4, -0.2) is 30.7 Å². The Morgan fingerprint density at radius 1 is 1.04 bits per heavy atom. The molecule has 0 saturated carbocycles. The lowest BCUT2D eigenvalue weighted by atomic mass is 9.80. The van der Waals surface area contributed by atoms with Crippen molar-refractivity contribution in [1.82, 2.24) is 5.16 Å². The number of aryl methyl sites for hydroxylation is 3. The lowest BCUT2D eigenvalue weighted by Gasteiger charge is -2.11. The Morgan fingerprint density at radius 2 is 1.70 bits per heavy atom.